The number of hydrogen-bond acceptors (Lipinski definition) is 1. The number of amides is 1. The number of nitrogens with one attached hydrogen (secondary N) is 1. The lowest BCUT2D eigenvalue weighted by Gasteiger charge is -2.40. The first kappa shape index (κ1) is 18.0. The second-order valence-corrected chi connectivity index (χ2v) is 7.38. The molecule has 2 nitrogen and oxygen atoms in total. The lowest BCUT2D eigenvalue weighted by molar-refractivity contribution is -0.137. The molecule has 2 aliphatic rings. The van der Waals surface area contributed by atoms with Gasteiger partial charge in [0.15, 0.2) is 0 Å². The largest absolute Gasteiger partial charge is 0.416 e. The van der Waals surface area contributed by atoms with Crippen molar-refractivity contribution >= 4 is 5.91 Å². The zero-order valence-electron chi connectivity index (χ0n) is 14.2. The normalized spacial score (nSPS) is 25.7. The fourth-order valence-corrected chi connectivity index (χ4v) is 3.99. The molecule has 0 spiro atoms. The first-order valence-electron chi connectivity index (χ1n) is 8.96. The van der Waals surface area contributed by atoms with E-state index in [0.29, 0.717) is 0 Å². The summed E-state index contributed by atoms with van der Waals surface area (Å²) in [6, 6.07) is 5.49. The Bertz CT molecular complexity index is 623. The van der Waals surface area contributed by atoms with Gasteiger partial charge >= 0.3 is 6.18 Å². The van der Waals surface area contributed by atoms with E-state index < -0.39 is 17.2 Å². The van der Waals surface area contributed by atoms with Crippen molar-refractivity contribution in [1.29, 1.82) is 0 Å². The van der Waals surface area contributed by atoms with Crippen molar-refractivity contribution < 1.29 is 18.0 Å². The molecule has 0 heterocycles. The summed E-state index contributed by atoms with van der Waals surface area (Å²) >= 11 is 0. The van der Waals surface area contributed by atoms with Crippen LogP contribution in [0.3, 0.4) is 0 Å². The minimum Gasteiger partial charge on any atom is -0.353 e. The lowest BCUT2D eigenvalue weighted by atomic mass is 9.71. The van der Waals surface area contributed by atoms with Crippen molar-refractivity contribution in [1.82, 2.24) is 5.32 Å². The zero-order valence-corrected chi connectivity index (χ0v) is 14.2. The van der Waals surface area contributed by atoms with Crippen LogP contribution >= 0.6 is 0 Å². The molecule has 136 valence electrons. The molecular formula is C20H24F3NO. The SMILES string of the molecule is C=CC1(C(=O)NC2CC(c3ccc(C(F)(F)F)cc3)C2)CCCCC1. The van der Waals surface area contributed by atoms with Gasteiger partial charge in [-0.1, -0.05) is 37.5 Å². The second kappa shape index (κ2) is 6.85. The molecule has 0 aliphatic heterocycles. The summed E-state index contributed by atoms with van der Waals surface area (Å²) in [7, 11) is 0. The van der Waals surface area contributed by atoms with Gasteiger partial charge in [0.05, 0.1) is 11.0 Å². The summed E-state index contributed by atoms with van der Waals surface area (Å²) in [5.74, 6) is 0.289. The first-order chi connectivity index (χ1) is 11.8. The summed E-state index contributed by atoms with van der Waals surface area (Å²) in [6.45, 7) is 3.87. The highest BCUT2D eigenvalue weighted by Gasteiger charge is 2.40. The van der Waals surface area contributed by atoms with Crippen LogP contribution in [0.4, 0.5) is 13.2 Å². The number of carbonyl (C=O) groups is 1. The molecule has 1 aromatic carbocycles. The number of benzene rings is 1. The Morgan fingerprint density at radius 3 is 2.24 bits per heavy atom. The fourth-order valence-electron chi connectivity index (χ4n) is 3.99. The van der Waals surface area contributed by atoms with E-state index in [0.717, 1.165) is 56.2 Å². The van der Waals surface area contributed by atoms with Crippen LogP contribution in [0, 0.1) is 5.41 Å². The van der Waals surface area contributed by atoms with Crippen molar-refractivity contribution in [2.24, 2.45) is 5.41 Å². The van der Waals surface area contributed by atoms with Crippen molar-refractivity contribution in [2.45, 2.75) is 63.1 Å². The Morgan fingerprint density at radius 1 is 1.12 bits per heavy atom. The minimum atomic E-state index is -4.30. The summed E-state index contributed by atoms with van der Waals surface area (Å²) in [5, 5.41) is 3.12. The first-order valence-corrected chi connectivity index (χ1v) is 8.96. The second-order valence-electron chi connectivity index (χ2n) is 7.38. The molecule has 1 amide bonds. The van der Waals surface area contributed by atoms with Crippen molar-refractivity contribution in [3.05, 3.63) is 48.0 Å². The number of halogens is 3. The van der Waals surface area contributed by atoms with Gasteiger partial charge in [0.2, 0.25) is 5.91 Å². The van der Waals surface area contributed by atoms with Gasteiger partial charge in [-0.25, -0.2) is 0 Å². The molecule has 1 N–H and O–H groups in total. The standard InChI is InChI=1S/C20H24F3NO/c1-2-19(10-4-3-5-11-19)18(25)24-17-12-15(13-17)14-6-8-16(9-7-14)20(21,22)23/h2,6-9,15,17H,1,3-5,10-13H2,(H,24,25). The predicted molar refractivity (Wildman–Crippen MR) is 91.1 cm³/mol. The molecule has 2 aliphatic carbocycles. The third-order valence-electron chi connectivity index (χ3n) is 5.77. The van der Waals surface area contributed by atoms with E-state index in [1.165, 1.54) is 6.42 Å². The van der Waals surface area contributed by atoms with E-state index in [2.05, 4.69) is 11.9 Å². The molecule has 0 aromatic heterocycles. The Kier molecular flexibility index (Phi) is 4.94. The maximum atomic E-state index is 12.6. The maximum absolute atomic E-state index is 12.6. The molecule has 2 saturated carbocycles. The smallest absolute Gasteiger partial charge is 0.353 e. The molecule has 5 heteroatoms. The number of carbonyl (C=O) groups excluding carboxylic acids is 1. The highest BCUT2D eigenvalue weighted by molar-refractivity contribution is 5.85. The van der Waals surface area contributed by atoms with E-state index in [1.807, 2.05) is 0 Å². The van der Waals surface area contributed by atoms with Gasteiger partial charge in [0.25, 0.3) is 0 Å². The average Bonchev–Trinajstić information content (AvgIpc) is 2.57. The minimum absolute atomic E-state index is 0.0677. The van der Waals surface area contributed by atoms with Gasteiger partial charge in [0.1, 0.15) is 0 Å². The van der Waals surface area contributed by atoms with Crippen molar-refractivity contribution in [3.8, 4) is 0 Å². The van der Waals surface area contributed by atoms with Crippen LogP contribution in [0.1, 0.15) is 62.0 Å². The quantitative estimate of drug-likeness (QED) is 0.742. The summed E-state index contributed by atoms with van der Waals surface area (Å²) < 4.78 is 37.8. The number of rotatable bonds is 4. The molecule has 0 atom stereocenters. The van der Waals surface area contributed by atoms with Crippen LogP contribution in [0.25, 0.3) is 0 Å². The van der Waals surface area contributed by atoms with E-state index in [-0.39, 0.29) is 17.9 Å². The molecule has 1 aromatic rings. The van der Waals surface area contributed by atoms with E-state index in [1.54, 1.807) is 18.2 Å². The summed E-state index contributed by atoms with van der Waals surface area (Å²) in [5.41, 5.74) is -0.141. The summed E-state index contributed by atoms with van der Waals surface area (Å²) in [6.07, 6.45) is 4.06. The Morgan fingerprint density at radius 2 is 1.72 bits per heavy atom. The summed E-state index contributed by atoms with van der Waals surface area (Å²) in [4.78, 5) is 12.6. The van der Waals surface area contributed by atoms with Crippen molar-refractivity contribution in [3.63, 3.8) is 0 Å². The Hall–Kier alpha value is -1.78. The average molecular weight is 351 g/mol. The maximum Gasteiger partial charge on any atom is 0.416 e. The van der Waals surface area contributed by atoms with Crippen LogP contribution in [0.2, 0.25) is 0 Å². The van der Waals surface area contributed by atoms with Crippen LogP contribution < -0.4 is 5.32 Å². The predicted octanol–water partition coefficient (Wildman–Crippen LogP) is 5.20. The number of hydrogen-bond donors (Lipinski definition) is 1. The van der Waals surface area contributed by atoms with Gasteiger partial charge < -0.3 is 5.32 Å². The fraction of sp³-hybridized carbons (Fsp3) is 0.550. The molecular weight excluding hydrogens is 327 g/mol. The number of alkyl halides is 3. The third-order valence-corrected chi connectivity index (χ3v) is 5.77. The molecule has 25 heavy (non-hydrogen) atoms. The van der Waals surface area contributed by atoms with Crippen molar-refractivity contribution in [2.75, 3.05) is 0 Å². The van der Waals surface area contributed by atoms with Crippen LogP contribution in [-0.4, -0.2) is 11.9 Å². The third kappa shape index (κ3) is 3.75. The molecule has 0 unspecified atom stereocenters. The Balaban J connectivity index is 1.54. The van der Waals surface area contributed by atoms with Gasteiger partial charge in [-0.3, -0.25) is 4.79 Å². The van der Waals surface area contributed by atoms with E-state index in [9.17, 15) is 18.0 Å². The van der Waals surface area contributed by atoms with Gasteiger partial charge in [-0.15, -0.1) is 6.58 Å². The zero-order chi connectivity index (χ0) is 18.1. The van der Waals surface area contributed by atoms with Crippen LogP contribution in [0.15, 0.2) is 36.9 Å². The van der Waals surface area contributed by atoms with E-state index >= 15 is 0 Å². The van der Waals surface area contributed by atoms with Gasteiger partial charge in [0, 0.05) is 6.04 Å². The monoisotopic (exact) mass is 351 g/mol. The Labute approximate surface area is 146 Å². The highest BCUT2D eigenvalue weighted by atomic mass is 19.4. The van der Waals surface area contributed by atoms with Crippen LogP contribution in [0.5, 0.6) is 0 Å². The van der Waals surface area contributed by atoms with E-state index in [4.69, 9.17) is 0 Å². The molecule has 0 bridgehead atoms. The highest BCUT2D eigenvalue weighted by Crippen LogP contribution is 2.41. The van der Waals surface area contributed by atoms with Gasteiger partial charge in [-0.2, -0.15) is 13.2 Å². The van der Waals surface area contributed by atoms with Gasteiger partial charge in [-0.05, 0) is 49.3 Å². The molecule has 0 saturated heterocycles. The van der Waals surface area contributed by atoms with Crippen LogP contribution in [-0.2, 0) is 11.0 Å². The lowest BCUT2D eigenvalue weighted by Crippen LogP contribution is -2.49. The molecule has 3 rings (SSSR count). The molecule has 2 fully saturated rings. The topological polar surface area (TPSA) is 29.1 Å². The molecule has 0 radical (unpaired) electrons.